The Labute approximate surface area is 260 Å². The van der Waals surface area contributed by atoms with Gasteiger partial charge in [0, 0.05) is 29.0 Å². The lowest BCUT2D eigenvalue weighted by atomic mass is 10.0. The highest BCUT2D eigenvalue weighted by atomic mass is 35.5. The maximum atomic E-state index is 14.1. The van der Waals surface area contributed by atoms with Crippen LogP contribution in [0.15, 0.2) is 78.0 Å². The van der Waals surface area contributed by atoms with Crippen molar-refractivity contribution >= 4 is 40.9 Å². The third-order valence-electron chi connectivity index (χ3n) is 6.53. The summed E-state index contributed by atoms with van der Waals surface area (Å²) in [6.45, 7) is 3.91. The number of aromatic nitrogens is 2. The van der Waals surface area contributed by atoms with Gasteiger partial charge in [0.25, 0.3) is 5.91 Å². The lowest BCUT2D eigenvalue weighted by Gasteiger charge is -2.32. The summed E-state index contributed by atoms with van der Waals surface area (Å²) in [5.41, 5.74) is 3.45. The third-order valence-corrected chi connectivity index (χ3v) is 7.62. The van der Waals surface area contributed by atoms with Crippen LogP contribution in [0, 0.1) is 13.8 Å². The molecule has 0 aliphatic carbocycles. The molecule has 0 fully saturated rings. The number of amides is 2. The second kappa shape index (κ2) is 14.8. The molecule has 4 aromatic rings. The molecule has 9 nitrogen and oxygen atoms in total. The molecule has 43 heavy (non-hydrogen) atoms. The fourth-order valence-electron chi connectivity index (χ4n) is 4.44. The summed E-state index contributed by atoms with van der Waals surface area (Å²) in [6.07, 6.45) is 0. The Morgan fingerprint density at radius 2 is 1.49 bits per heavy atom. The molecule has 0 radical (unpaired) electrons. The van der Waals surface area contributed by atoms with E-state index in [1.807, 2.05) is 44.2 Å². The van der Waals surface area contributed by atoms with Gasteiger partial charge in [-0.05, 0) is 67.4 Å². The summed E-state index contributed by atoms with van der Waals surface area (Å²) >= 11 is 7.42. The summed E-state index contributed by atoms with van der Waals surface area (Å²) in [5.74, 6) is 0.981. The fraction of sp³-hybridized carbons (Fsp3) is 0.250. The molecule has 0 aliphatic heterocycles. The maximum absolute atomic E-state index is 14.1. The van der Waals surface area contributed by atoms with Crippen LogP contribution in [0.25, 0.3) is 0 Å². The Morgan fingerprint density at radius 1 is 0.860 bits per heavy atom. The van der Waals surface area contributed by atoms with Crippen molar-refractivity contribution in [2.75, 3.05) is 32.4 Å². The minimum Gasteiger partial charge on any atom is -0.497 e. The molecule has 1 aromatic heterocycles. The molecule has 1 atom stereocenters. The number of halogens is 1. The van der Waals surface area contributed by atoms with Crippen LogP contribution in [0.1, 0.15) is 28.6 Å². The standard InChI is InChI=1S/C32H33ClN4O5S/c1-20-16-21(2)35-32(34-20)43-19-29(38)37(18-22-6-12-25(40-3)13-7-22)30(23-8-10-24(33)11-9-23)31(39)36-27-15-14-26(41-4)17-28(27)42-5/h6-17,30H,18-19H2,1-5H3,(H,36,39). The van der Waals surface area contributed by atoms with Crippen LogP contribution in [0.2, 0.25) is 5.02 Å². The number of benzene rings is 3. The number of hydrogen-bond donors (Lipinski definition) is 1. The topological polar surface area (TPSA) is 103 Å². The molecule has 224 valence electrons. The average Bonchev–Trinajstić information content (AvgIpc) is 3.00. The molecular formula is C32H33ClN4O5S. The minimum atomic E-state index is -1.01. The number of nitrogens with zero attached hydrogens (tertiary/aromatic N) is 3. The number of carbonyl (C=O) groups is 2. The first-order chi connectivity index (χ1) is 20.7. The molecule has 0 aliphatic rings. The zero-order valence-electron chi connectivity index (χ0n) is 24.6. The van der Waals surface area contributed by atoms with Gasteiger partial charge in [-0.15, -0.1) is 0 Å². The predicted molar refractivity (Wildman–Crippen MR) is 168 cm³/mol. The lowest BCUT2D eigenvalue weighted by molar-refractivity contribution is -0.137. The molecule has 1 unspecified atom stereocenters. The SMILES string of the molecule is COc1ccc(CN(C(=O)CSc2nc(C)cc(C)n2)C(C(=O)Nc2ccc(OC)cc2OC)c2ccc(Cl)cc2)cc1. The summed E-state index contributed by atoms with van der Waals surface area (Å²) in [4.78, 5) is 38.6. The molecule has 1 N–H and O–H groups in total. The Balaban J connectivity index is 1.73. The summed E-state index contributed by atoms with van der Waals surface area (Å²) in [7, 11) is 4.64. The van der Waals surface area contributed by atoms with E-state index >= 15 is 0 Å². The fourth-order valence-corrected chi connectivity index (χ4v) is 5.40. The largest absolute Gasteiger partial charge is 0.497 e. The van der Waals surface area contributed by atoms with Crippen molar-refractivity contribution in [3.05, 3.63) is 100 Å². The first kappa shape index (κ1) is 31.7. The number of thioether (sulfide) groups is 1. The highest BCUT2D eigenvalue weighted by molar-refractivity contribution is 7.99. The zero-order valence-corrected chi connectivity index (χ0v) is 26.2. The minimum absolute atomic E-state index is 0.0161. The molecule has 2 amide bonds. The van der Waals surface area contributed by atoms with E-state index in [2.05, 4.69) is 15.3 Å². The number of rotatable bonds is 12. The van der Waals surface area contributed by atoms with E-state index in [1.165, 1.54) is 18.9 Å². The third kappa shape index (κ3) is 8.39. The Hall–Kier alpha value is -4.28. The van der Waals surface area contributed by atoms with Crippen molar-refractivity contribution in [1.29, 1.82) is 0 Å². The number of anilines is 1. The Morgan fingerprint density at radius 3 is 2.09 bits per heavy atom. The van der Waals surface area contributed by atoms with Gasteiger partial charge in [-0.2, -0.15) is 0 Å². The normalized spacial score (nSPS) is 11.4. The average molecular weight is 621 g/mol. The molecular weight excluding hydrogens is 588 g/mol. The molecule has 0 bridgehead atoms. The molecule has 0 saturated heterocycles. The van der Waals surface area contributed by atoms with Crippen molar-refractivity contribution in [2.24, 2.45) is 0 Å². The molecule has 11 heteroatoms. The second-order valence-electron chi connectivity index (χ2n) is 9.60. The summed E-state index contributed by atoms with van der Waals surface area (Å²) < 4.78 is 16.1. The van der Waals surface area contributed by atoms with Crippen molar-refractivity contribution in [1.82, 2.24) is 14.9 Å². The van der Waals surface area contributed by atoms with Crippen LogP contribution < -0.4 is 19.5 Å². The van der Waals surface area contributed by atoms with Gasteiger partial charge in [0.2, 0.25) is 5.91 Å². The Kier molecular flexibility index (Phi) is 10.9. The predicted octanol–water partition coefficient (Wildman–Crippen LogP) is 6.27. The van der Waals surface area contributed by atoms with Gasteiger partial charge in [-0.1, -0.05) is 47.6 Å². The van der Waals surface area contributed by atoms with Crippen LogP contribution in [-0.4, -0.2) is 53.8 Å². The highest BCUT2D eigenvalue weighted by Gasteiger charge is 2.32. The molecule has 0 spiro atoms. The maximum Gasteiger partial charge on any atom is 0.251 e. The molecule has 1 heterocycles. The van der Waals surface area contributed by atoms with Crippen molar-refractivity contribution in [3.63, 3.8) is 0 Å². The smallest absolute Gasteiger partial charge is 0.251 e. The van der Waals surface area contributed by atoms with Gasteiger partial charge in [0.1, 0.15) is 23.3 Å². The van der Waals surface area contributed by atoms with E-state index in [4.69, 9.17) is 25.8 Å². The van der Waals surface area contributed by atoms with Crippen molar-refractivity contribution in [3.8, 4) is 17.2 Å². The number of hydrogen-bond acceptors (Lipinski definition) is 8. The van der Waals surface area contributed by atoms with Gasteiger partial charge in [0.05, 0.1) is 32.8 Å². The zero-order chi connectivity index (χ0) is 30.9. The van der Waals surface area contributed by atoms with Crippen LogP contribution >= 0.6 is 23.4 Å². The van der Waals surface area contributed by atoms with Gasteiger partial charge in [-0.3, -0.25) is 9.59 Å². The van der Waals surface area contributed by atoms with Gasteiger partial charge in [-0.25, -0.2) is 9.97 Å². The lowest BCUT2D eigenvalue weighted by Crippen LogP contribution is -2.41. The van der Waals surface area contributed by atoms with Crippen LogP contribution in [0.5, 0.6) is 17.2 Å². The first-order valence-corrected chi connectivity index (χ1v) is 14.7. The summed E-state index contributed by atoms with van der Waals surface area (Å²) in [5, 5.41) is 3.96. The van der Waals surface area contributed by atoms with E-state index in [0.717, 1.165) is 17.0 Å². The number of aryl methyl sites for hydroxylation is 2. The van der Waals surface area contributed by atoms with Gasteiger partial charge < -0.3 is 24.4 Å². The molecule has 0 saturated carbocycles. The Bertz CT molecular complexity index is 1550. The van der Waals surface area contributed by atoms with Crippen LogP contribution in [0.4, 0.5) is 5.69 Å². The first-order valence-electron chi connectivity index (χ1n) is 13.4. The van der Waals surface area contributed by atoms with E-state index in [1.54, 1.807) is 61.6 Å². The molecule has 3 aromatic carbocycles. The van der Waals surface area contributed by atoms with Crippen LogP contribution in [-0.2, 0) is 16.1 Å². The van der Waals surface area contributed by atoms with Gasteiger partial charge >= 0.3 is 0 Å². The monoisotopic (exact) mass is 620 g/mol. The number of methoxy groups -OCH3 is 3. The van der Waals surface area contributed by atoms with E-state index < -0.39 is 11.9 Å². The van der Waals surface area contributed by atoms with Crippen molar-refractivity contribution in [2.45, 2.75) is 31.6 Å². The van der Waals surface area contributed by atoms with Gasteiger partial charge in [0.15, 0.2) is 5.16 Å². The highest BCUT2D eigenvalue weighted by Crippen LogP contribution is 2.33. The van der Waals surface area contributed by atoms with Crippen molar-refractivity contribution < 1.29 is 23.8 Å². The summed E-state index contributed by atoms with van der Waals surface area (Å²) in [6, 6.07) is 20.2. The quantitative estimate of drug-likeness (QED) is 0.146. The number of nitrogens with one attached hydrogen (secondary N) is 1. The van der Waals surface area contributed by atoms with E-state index in [-0.39, 0.29) is 18.2 Å². The van der Waals surface area contributed by atoms with E-state index in [0.29, 0.717) is 38.7 Å². The second-order valence-corrected chi connectivity index (χ2v) is 11.0. The number of carbonyl (C=O) groups excluding carboxylic acids is 2. The number of ether oxygens (including phenoxy) is 3. The van der Waals surface area contributed by atoms with Crippen LogP contribution in [0.3, 0.4) is 0 Å². The molecule has 4 rings (SSSR count). The van der Waals surface area contributed by atoms with E-state index in [9.17, 15) is 9.59 Å².